The highest BCUT2D eigenvalue weighted by molar-refractivity contribution is 7.89. The van der Waals surface area contributed by atoms with E-state index in [9.17, 15) is 8.42 Å². The summed E-state index contributed by atoms with van der Waals surface area (Å²) in [5.74, 6) is 0.858. The fourth-order valence-corrected chi connectivity index (χ4v) is 3.45. The van der Waals surface area contributed by atoms with Gasteiger partial charge in [0.25, 0.3) is 0 Å². The standard InChI is InChI=1S/C17H21NO4S/c1-12-5-7-14(8-6-12)13(2)18-23(19,20)15-9-10-16(21-3)17(11-15)22-4/h5-11,13,18H,1-4H3/t13-/m0/s1. The summed E-state index contributed by atoms with van der Waals surface area (Å²) in [7, 11) is -0.688. The Bertz CT molecular complexity index is 770. The number of methoxy groups -OCH3 is 2. The predicted octanol–water partition coefficient (Wildman–Crippen LogP) is 3.05. The molecule has 0 heterocycles. The Morgan fingerprint density at radius 2 is 1.57 bits per heavy atom. The van der Waals surface area contributed by atoms with Crippen molar-refractivity contribution in [1.82, 2.24) is 4.72 Å². The van der Waals surface area contributed by atoms with Crippen molar-refractivity contribution >= 4 is 10.0 Å². The maximum Gasteiger partial charge on any atom is 0.241 e. The number of ether oxygens (including phenoxy) is 2. The van der Waals surface area contributed by atoms with Crippen molar-refractivity contribution in [2.45, 2.75) is 24.8 Å². The largest absolute Gasteiger partial charge is 0.493 e. The minimum Gasteiger partial charge on any atom is -0.493 e. The monoisotopic (exact) mass is 335 g/mol. The van der Waals surface area contributed by atoms with E-state index in [1.807, 2.05) is 38.1 Å². The predicted molar refractivity (Wildman–Crippen MR) is 89.5 cm³/mol. The van der Waals surface area contributed by atoms with Gasteiger partial charge < -0.3 is 9.47 Å². The van der Waals surface area contributed by atoms with Gasteiger partial charge in [-0.15, -0.1) is 0 Å². The van der Waals surface area contributed by atoms with Gasteiger partial charge in [0, 0.05) is 12.1 Å². The first-order valence-electron chi connectivity index (χ1n) is 7.18. The van der Waals surface area contributed by atoms with Gasteiger partial charge in [-0.25, -0.2) is 13.1 Å². The van der Waals surface area contributed by atoms with Crippen LogP contribution in [0.5, 0.6) is 11.5 Å². The molecule has 5 nitrogen and oxygen atoms in total. The topological polar surface area (TPSA) is 64.6 Å². The molecule has 0 aliphatic rings. The third-order valence-electron chi connectivity index (χ3n) is 3.57. The Morgan fingerprint density at radius 3 is 2.13 bits per heavy atom. The van der Waals surface area contributed by atoms with Crippen molar-refractivity contribution in [3.63, 3.8) is 0 Å². The lowest BCUT2D eigenvalue weighted by atomic mass is 10.1. The van der Waals surface area contributed by atoms with Crippen LogP contribution in [0, 0.1) is 6.92 Å². The van der Waals surface area contributed by atoms with Crippen molar-refractivity contribution < 1.29 is 17.9 Å². The molecule has 0 radical (unpaired) electrons. The van der Waals surface area contributed by atoms with Gasteiger partial charge in [0.1, 0.15) is 0 Å². The van der Waals surface area contributed by atoms with Crippen molar-refractivity contribution in [3.05, 3.63) is 53.6 Å². The molecule has 0 aliphatic heterocycles. The average molecular weight is 335 g/mol. The molecular weight excluding hydrogens is 314 g/mol. The summed E-state index contributed by atoms with van der Waals surface area (Å²) in [6.07, 6.45) is 0. The Hall–Kier alpha value is -2.05. The van der Waals surface area contributed by atoms with Crippen LogP contribution in [0.3, 0.4) is 0 Å². The Kier molecular flexibility index (Phi) is 5.28. The maximum atomic E-state index is 12.5. The quantitative estimate of drug-likeness (QED) is 0.881. The van der Waals surface area contributed by atoms with Crippen molar-refractivity contribution in [2.24, 2.45) is 0 Å². The van der Waals surface area contributed by atoms with E-state index in [1.54, 1.807) is 6.07 Å². The van der Waals surface area contributed by atoms with Gasteiger partial charge in [0.05, 0.1) is 19.1 Å². The summed E-state index contributed by atoms with van der Waals surface area (Å²) in [6.45, 7) is 3.80. The van der Waals surface area contributed by atoms with E-state index in [0.717, 1.165) is 11.1 Å². The van der Waals surface area contributed by atoms with Gasteiger partial charge in [-0.3, -0.25) is 0 Å². The summed E-state index contributed by atoms with van der Waals surface area (Å²) in [6, 6.07) is 11.9. The molecule has 0 unspecified atom stereocenters. The van der Waals surface area contributed by atoms with Crippen LogP contribution in [0.15, 0.2) is 47.4 Å². The van der Waals surface area contributed by atoms with Gasteiger partial charge in [-0.1, -0.05) is 29.8 Å². The maximum absolute atomic E-state index is 12.5. The second-order valence-corrected chi connectivity index (χ2v) is 6.98. The first-order valence-corrected chi connectivity index (χ1v) is 8.66. The first kappa shape index (κ1) is 17.3. The van der Waals surface area contributed by atoms with E-state index in [1.165, 1.54) is 26.4 Å². The lowest BCUT2D eigenvalue weighted by Gasteiger charge is -2.16. The van der Waals surface area contributed by atoms with Crippen LogP contribution >= 0.6 is 0 Å². The highest BCUT2D eigenvalue weighted by Gasteiger charge is 2.20. The zero-order chi connectivity index (χ0) is 17.0. The fourth-order valence-electron chi connectivity index (χ4n) is 2.21. The molecule has 1 N–H and O–H groups in total. The third-order valence-corrected chi connectivity index (χ3v) is 5.11. The molecule has 124 valence electrons. The Balaban J connectivity index is 2.26. The summed E-state index contributed by atoms with van der Waals surface area (Å²) in [4.78, 5) is 0.133. The summed E-state index contributed by atoms with van der Waals surface area (Å²) in [5.41, 5.74) is 2.03. The minimum atomic E-state index is -3.66. The summed E-state index contributed by atoms with van der Waals surface area (Å²) in [5, 5.41) is 0. The first-order chi connectivity index (χ1) is 10.9. The molecule has 0 aliphatic carbocycles. The smallest absolute Gasteiger partial charge is 0.241 e. The van der Waals surface area contributed by atoms with Gasteiger partial charge in [0.2, 0.25) is 10.0 Å². The molecule has 0 saturated carbocycles. The van der Waals surface area contributed by atoms with Crippen LogP contribution < -0.4 is 14.2 Å². The van der Waals surface area contributed by atoms with Gasteiger partial charge in [-0.2, -0.15) is 0 Å². The molecule has 0 bridgehead atoms. The van der Waals surface area contributed by atoms with Crippen LogP contribution in [0.4, 0.5) is 0 Å². The van der Waals surface area contributed by atoms with E-state index < -0.39 is 10.0 Å². The van der Waals surface area contributed by atoms with Crippen molar-refractivity contribution in [2.75, 3.05) is 14.2 Å². The summed E-state index contributed by atoms with van der Waals surface area (Å²) < 4.78 is 38.0. The van der Waals surface area contributed by atoms with Crippen LogP contribution in [-0.4, -0.2) is 22.6 Å². The van der Waals surface area contributed by atoms with E-state index in [0.29, 0.717) is 11.5 Å². The van der Waals surface area contributed by atoms with Crippen LogP contribution in [0.2, 0.25) is 0 Å². The normalized spacial score (nSPS) is 12.7. The Morgan fingerprint density at radius 1 is 0.957 bits per heavy atom. The minimum absolute atomic E-state index is 0.133. The molecule has 2 aromatic carbocycles. The Labute approximate surface area is 137 Å². The number of rotatable bonds is 6. The van der Waals surface area contributed by atoms with Gasteiger partial charge >= 0.3 is 0 Å². The molecule has 0 aromatic heterocycles. The zero-order valence-corrected chi connectivity index (χ0v) is 14.5. The lowest BCUT2D eigenvalue weighted by Crippen LogP contribution is -2.26. The molecule has 0 saturated heterocycles. The summed E-state index contributed by atoms with van der Waals surface area (Å²) >= 11 is 0. The SMILES string of the molecule is COc1ccc(S(=O)(=O)N[C@@H](C)c2ccc(C)cc2)cc1OC. The molecule has 23 heavy (non-hydrogen) atoms. The van der Waals surface area contributed by atoms with Crippen molar-refractivity contribution in [1.29, 1.82) is 0 Å². The van der Waals surface area contributed by atoms with Gasteiger partial charge in [0.15, 0.2) is 11.5 Å². The van der Waals surface area contributed by atoms with Crippen LogP contribution in [-0.2, 0) is 10.0 Å². The zero-order valence-electron chi connectivity index (χ0n) is 13.7. The van der Waals surface area contributed by atoms with E-state index >= 15 is 0 Å². The van der Waals surface area contributed by atoms with Crippen LogP contribution in [0.25, 0.3) is 0 Å². The second-order valence-electron chi connectivity index (χ2n) is 5.27. The molecule has 2 rings (SSSR count). The molecule has 0 amide bonds. The number of hydrogen-bond acceptors (Lipinski definition) is 4. The third kappa shape index (κ3) is 4.03. The molecule has 0 spiro atoms. The molecular formula is C17H21NO4S. The van der Waals surface area contributed by atoms with Crippen LogP contribution in [0.1, 0.15) is 24.1 Å². The number of hydrogen-bond donors (Lipinski definition) is 1. The lowest BCUT2D eigenvalue weighted by molar-refractivity contribution is 0.354. The number of benzene rings is 2. The van der Waals surface area contributed by atoms with E-state index in [4.69, 9.17) is 9.47 Å². The van der Waals surface area contributed by atoms with E-state index in [-0.39, 0.29) is 10.9 Å². The highest BCUT2D eigenvalue weighted by atomic mass is 32.2. The van der Waals surface area contributed by atoms with E-state index in [2.05, 4.69) is 4.72 Å². The second kappa shape index (κ2) is 7.02. The molecule has 1 atom stereocenters. The average Bonchev–Trinajstić information content (AvgIpc) is 2.54. The number of nitrogens with one attached hydrogen (secondary N) is 1. The van der Waals surface area contributed by atoms with Gasteiger partial charge in [-0.05, 0) is 31.5 Å². The molecule has 2 aromatic rings. The number of sulfonamides is 1. The molecule has 6 heteroatoms. The number of aryl methyl sites for hydroxylation is 1. The van der Waals surface area contributed by atoms with Crippen molar-refractivity contribution in [3.8, 4) is 11.5 Å². The molecule has 0 fully saturated rings. The fraction of sp³-hybridized carbons (Fsp3) is 0.294. The highest BCUT2D eigenvalue weighted by Crippen LogP contribution is 2.29.